The van der Waals surface area contributed by atoms with Crippen LogP contribution in [0.2, 0.25) is 0 Å². The number of rotatable bonds is 2. The SMILES string of the molecule is C#CC(C)(C)Cc1c(C)noc1C. The minimum atomic E-state index is -0.124. The van der Waals surface area contributed by atoms with Crippen molar-refractivity contribution in [2.45, 2.75) is 34.1 Å². The van der Waals surface area contributed by atoms with Gasteiger partial charge in [-0.25, -0.2) is 0 Å². The minimum absolute atomic E-state index is 0.124. The van der Waals surface area contributed by atoms with Crippen LogP contribution >= 0.6 is 0 Å². The van der Waals surface area contributed by atoms with E-state index in [1.54, 1.807) is 0 Å². The van der Waals surface area contributed by atoms with Crippen LogP contribution in [0.1, 0.15) is 30.9 Å². The Labute approximate surface area is 79.3 Å². The molecule has 0 bridgehead atoms. The Morgan fingerprint density at radius 3 is 2.46 bits per heavy atom. The fraction of sp³-hybridized carbons (Fsp3) is 0.545. The molecule has 0 N–H and O–H groups in total. The van der Waals surface area contributed by atoms with Crippen molar-refractivity contribution in [1.29, 1.82) is 0 Å². The van der Waals surface area contributed by atoms with Gasteiger partial charge in [-0.15, -0.1) is 12.3 Å². The fourth-order valence-corrected chi connectivity index (χ4v) is 1.25. The molecule has 2 heteroatoms. The van der Waals surface area contributed by atoms with Crippen LogP contribution in [0.25, 0.3) is 0 Å². The largest absolute Gasteiger partial charge is 0.361 e. The standard InChI is InChI=1S/C11H15NO/c1-6-11(4,5)7-10-8(2)12-13-9(10)3/h1H,7H2,2-5H3. The monoisotopic (exact) mass is 177 g/mol. The second-order valence-corrected chi connectivity index (χ2v) is 4.01. The van der Waals surface area contributed by atoms with Gasteiger partial charge in [-0.1, -0.05) is 5.16 Å². The first-order valence-corrected chi connectivity index (χ1v) is 4.36. The highest BCUT2D eigenvalue weighted by atomic mass is 16.5. The van der Waals surface area contributed by atoms with Crippen molar-refractivity contribution in [2.24, 2.45) is 5.41 Å². The molecule has 0 spiro atoms. The molecule has 1 heterocycles. The summed E-state index contributed by atoms with van der Waals surface area (Å²) in [5.74, 6) is 3.64. The minimum Gasteiger partial charge on any atom is -0.361 e. The summed E-state index contributed by atoms with van der Waals surface area (Å²) in [5.41, 5.74) is 1.96. The van der Waals surface area contributed by atoms with Crippen LogP contribution in [-0.2, 0) is 6.42 Å². The lowest BCUT2D eigenvalue weighted by molar-refractivity contribution is 0.390. The van der Waals surface area contributed by atoms with Crippen molar-refractivity contribution in [3.8, 4) is 12.3 Å². The summed E-state index contributed by atoms with van der Waals surface area (Å²) in [6.45, 7) is 7.94. The highest BCUT2D eigenvalue weighted by Crippen LogP contribution is 2.24. The Kier molecular flexibility index (Phi) is 2.47. The number of hydrogen-bond acceptors (Lipinski definition) is 2. The van der Waals surface area contributed by atoms with Gasteiger partial charge in [0.1, 0.15) is 5.76 Å². The summed E-state index contributed by atoms with van der Waals surface area (Å²) in [6.07, 6.45) is 6.25. The molecule has 0 aromatic carbocycles. The Bertz CT molecular complexity index is 322. The highest BCUT2D eigenvalue weighted by Gasteiger charge is 2.20. The van der Waals surface area contributed by atoms with Gasteiger partial charge in [0, 0.05) is 11.0 Å². The van der Waals surface area contributed by atoms with Gasteiger partial charge >= 0.3 is 0 Å². The predicted octanol–water partition coefficient (Wildman–Crippen LogP) is 2.49. The van der Waals surface area contributed by atoms with Gasteiger partial charge in [0.15, 0.2) is 0 Å². The zero-order valence-corrected chi connectivity index (χ0v) is 8.64. The Hall–Kier alpha value is -1.23. The van der Waals surface area contributed by atoms with Crippen LogP contribution in [0, 0.1) is 31.6 Å². The van der Waals surface area contributed by atoms with Gasteiger partial charge in [-0.05, 0) is 34.1 Å². The summed E-state index contributed by atoms with van der Waals surface area (Å²) in [4.78, 5) is 0. The Balaban J connectivity index is 2.93. The molecule has 0 aliphatic heterocycles. The molecule has 0 aliphatic rings. The average molecular weight is 177 g/mol. The van der Waals surface area contributed by atoms with Gasteiger partial charge in [0.2, 0.25) is 0 Å². The molecule has 0 fully saturated rings. The maximum Gasteiger partial charge on any atom is 0.137 e. The molecular formula is C11H15NO. The van der Waals surface area contributed by atoms with E-state index in [4.69, 9.17) is 10.9 Å². The Morgan fingerprint density at radius 2 is 2.08 bits per heavy atom. The highest BCUT2D eigenvalue weighted by molar-refractivity contribution is 5.24. The molecule has 0 radical (unpaired) electrons. The molecule has 70 valence electrons. The van der Waals surface area contributed by atoms with E-state index in [0.29, 0.717) is 0 Å². The molecule has 0 saturated carbocycles. The van der Waals surface area contributed by atoms with Crippen LogP contribution in [0.5, 0.6) is 0 Å². The van der Waals surface area contributed by atoms with Gasteiger partial charge in [-0.3, -0.25) is 0 Å². The third kappa shape index (κ3) is 2.12. The number of aromatic nitrogens is 1. The maximum atomic E-state index is 5.42. The lowest BCUT2D eigenvalue weighted by Gasteiger charge is -2.16. The van der Waals surface area contributed by atoms with Crippen LogP contribution < -0.4 is 0 Å². The van der Waals surface area contributed by atoms with E-state index in [9.17, 15) is 0 Å². The third-order valence-electron chi connectivity index (χ3n) is 2.19. The zero-order chi connectivity index (χ0) is 10.1. The van der Waals surface area contributed by atoms with Crippen LogP contribution in [0.3, 0.4) is 0 Å². The molecule has 0 aliphatic carbocycles. The first-order chi connectivity index (χ1) is 5.96. The van der Waals surface area contributed by atoms with Gasteiger partial charge in [0.25, 0.3) is 0 Å². The van der Waals surface area contributed by atoms with Gasteiger partial charge in [0.05, 0.1) is 5.69 Å². The normalized spacial score (nSPS) is 11.3. The van der Waals surface area contributed by atoms with Crippen LogP contribution in [0.4, 0.5) is 0 Å². The van der Waals surface area contributed by atoms with Gasteiger partial charge in [-0.2, -0.15) is 0 Å². The van der Waals surface area contributed by atoms with Crippen molar-refractivity contribution >= 4 is 0 Å². The van der Waals surface area contributed by atoms with Crippen molar-refractivity contribution in [1.82, 2.24) is 5.16 Å². The molecule has 0 atom stereocenters. The second kappa shape index (κ2) is 3.26. The predicted molar refractivity (Wildman–Crippen MR) is 52.3 cm³/mol. The smallest absolute Gasteiger partial charge is 0.137 e. The molecule has 2 nitrogen and oxygen atoms in total. The topological polar surface area (TPSA) is 26.0 Å². The van der Waals surface area contributed by atoms with Crippen molar-refractivity contribution < 1.29 is 4.52 Å². The summed E-state index contributed by atoms with van der Waals surface area (Å²) < 4.78 is 5.07. The average Bonchev–Trinajstić information content (AvgIpc) is 2.36. The Morgan fingerprint density at radius 1 is 1.46 bits per heavy atom. The third-order valence-corrected chi connectivity index (χ3v) is 2.19. The molecule has 0 unspecified atom stereocenters. The van der Waals surface area contributed by atoms with Crippen LogP contribution in [-0.4, -0.2) is 5.16 Å². The number of terminal acetylenes is 1. The second-order valence-electron chi connectivity index (χ2n) is 4.01. The maximum absolute atomic E-state index is 5.42. The summed E-state index contributed by atoms with van der Waals surface area (Å²) >= 11 is 0. The summed E-state index contributed by atoms with van der Waals surface area (Å²) in [7, 11) is 0. The zero-order valence-electron chi connectivity index (χ0n) is 8.64. The number of aryl methyl sites for hydroxylation is 2. The molecule has 0 saturated heterocycles. The molecule has 1 aromatic heterocycles. The first-order valence-electron chi connectivity index (χ1n) is 4.36. The molecular weight excluding hydrogens is 162 g/mol. The van der Waals surface area contributed by atoms with E-state index >= 15 is 0 Å². The van der Waals surface area contributed by atoms with Crippen molar-refractivity contribution in [2.75, 3.05) is 0 Å². The van der Waals surface area contributed by atoms with E-state index in [1.165, 1.54) is 0 Å². The molecule has 1 rings (SSSR count). The van der Waals surface area contributed by atoms with Gasteiger partial charge < -0.3 is 4.52 Å². The molecule has 0 amide bonds. The first kappa shape index (κ1) is 9.85. The van der Waals surface area contributed by atoms with E-state index in [0.717, 1.165) is 23.4 Å². The lowest BCUT2D eigenvalue weighted by atomic mass is 9.86. The number of nitrogens with zero attached hydrogens (tertiary/aromatic N) is 1. The quantitative estimate of drug-likeness (QED) is 0.649. The summed E-state index contributed by atoms with van der Waals surface area (Å²) in [5, 5.41) is 3.89. The lowest BCUT2D eigenvalue weighted by Crippen LogP contribution is -2.12. The molecule has 1 aromatic rings. The van der Waals surface area contributed by atoms with Crippen LogP contribution in [0.15, 0.2) is 4.52 Å². The van der Waals surface area contributed by atoms with E-state index in [-0.39, 0.29) is 5.41 Å². The van der Waals surface area contributed by atoms with E-state index in [1.807, 2.05) is 27.7 Å². The van der Waals surface area contributed by atoms with Crippen molar-refractivity contribution in [3.63, 3.8) is 0 Å². The molecule has 13 heavy (non-hydrogen) atoms. The summed E-state index contributed by atoms with van der Waals surface area (Å²) in [6, 6.07) is 0. The van der Waals surface area contributed by atoms with E-state index < -0.39 is 0 Å². The number of hydrogen-bond donors (Lipinski definition) is 0. The van der Waals surface area contributed by atoms with Crippen molar-refractivity contribution in [3.05, 3.63) is 17.0 Å². The van der Waals surface area contributed by atoms with E-state index in [2.05, 4.69) is 11.1 Å². The fourth-order valence-electron chi connectivity index (χ4n) is 1.25.